The predicted octanol–water partition coefficient (Wildman–Crippen LogP) is 2.78. The lowest BCUT2D eigenvalue weighted by Gasteiger charge is -2.07. The number of nitrogens with one attached hydrogen (secondary N) is 2. The number of anilines is 2. The minimum Gasteiger partial charge on any atom is -0.399 e. The fraction of sp³-hybridized carbons (Fsp3) is 0.150. The molecule has 0 aliphatic rings. The van der Waals surface area contributed by atoms with Crippen molar-refractivity contribution in [3.8, 4) is 5.69 Å². The summed E-state index contributed by atoms with van der Waals surface area (Å²) in [6, 6.07) is 16.8. The number of nitrogens with zero attached hydrogens (tertiary/aromatic N) is 3. The maximum Gasteiger partial charge on any atom is 0.295 e. The van der Waals surface area contributed by atoms with Crippen molar-refractivity contribution >= 4 is 34.4 Å². The number of nitrogen functional groups attached to an aromatic ring is 1. The van der Waals surface area contributed by atoms with Crippen molar-refractivity contribution in [2.45, 2.75) is 13.8 Å². The molecule has 4 N–H and O–H groups in total. The summed E-state index contributed by atoms with van der Waals surface area (Å²) in [4.78, 5) is 12.9. The Balaban J connectivity index is 1.78. The van der Waals surface area contributed by atoms with Crippen LogP contribution in [-0.4, -0.2) is 20.2 Å². The van der Waals surface area contributed by atoms with Crippen molar-refractivity contribution < 1.29 is 0 Å². The van der Waals surface area contributed by atoms with Gasteiger partial charge in [0.2, 0.25) is 0 Å². The summed E-state index contributed by atoms with van der Waals surface area (Å²) < 4.78 is 3.37. The Hall–Kier alpha value is -3.39. The minimum atomic E-state index is -0.186. The largest absolute Gasteiger partial charge is 0.399 e. The van der Waals surface area contributed by atoms with Crippen LogP contribution in [-0.2, 0) is 7.05 Å². The molecule has 0 radical (unpaired) electrons. The highest BCUT2D eigenvalue weighted by Gasteiger charge is 2.16. The molecule has 0 aliphatic carbocycles. The summed E-state index contributed by atoms with van der Waals surface area (Å²) in [7, 11) is 1.83. The van der Waals surface area contributed by atoms with Crippen molar-refractivity contribution in [1.82, 2.24) is 14.8 Å². The topological polar surface area (TPSA) is 89.4 Å². The quantitative estimate of drug-likeness (QED) is 0.274. The van der Waals surface area contributed by atoms with E-state index in [1.807, 2.05) is 75.5 Å². The number of para-hydroxylation sites is 1. The van der Waals surface area contributed by atoms with E-state index in [0.29, 0.717) is 11.4 Å². The molecule has 28 heavy (non-hydrogen) atoms. The number of hydrazone groups is 1. The molecule has 0 amide bonds. The van der Waals surface area contributed by atoms with Gasteiger partial charge in [-0.1, -0.05) is 30.3 Å². The first-order valence-electron chi connectivity index (χ1n) is 8.69. The van der Waals surface area contributed by atoms with Crippen molar-refractivity contribution in [2.75, 3.05) is 11.1 Å². The summed E-state index contributed by atoms with van der Waals surface area (Å²) >= 11 is 5.31. The first kappa shape index (κ1) is 19.4. The molecule has 0 fully saturated rings. The molecule has 0 saturated heterocycles. The molecule has 0 atom stereocenters. The highest BCUT2D eigenvalue weighted by atomic mass is 32.1. The summed E-state index contributed by atoms with van der Waals surface area (Å²) in [5.74, 6) is 0. The Morgan fingerprint density at radius 2 is 1.75 bits per heavy atom. The number of benzene rings is 2. The van der Waals surface area contributed by atoms with Crippen LogP contribution in [0, 0.1) is 6.92 Å². The van der Waals surface area contributed by atoms with E-state index < -0.39 is 0 Å². The summed E-state index contributed by atoms with van der Waals surface area (Å²) in [5, 5.41) is 7.47. The van der Waals surface area contributed by atoms with Crippen LogP contribution in [0.1, 0.15) is 18.2 Å². The first-order valence-corrected chi connectivity index (χ1v) is 9.10. The van der Waals surface area contributed by atoms with Gasteiger partial charge in [0.15, 0.2) is 5.11 Å². The number of hydrogen-bond acceptors (Lipinski definition) is 4. The average molecular weight is 395 g/mol. The standard InChI is InChI=1S/C20H22N6OS/c1-13(15-9-11-16(21)12-10-15)23-24-20(28)22-18-14(2)25(3)26(19(18)27)17-7-5-4-6-8-17/h4-12H,21H2,1-3H3,(H2,22,24,28)/b23-13-. The third-order valence-electron chi connectivity index (χ3n) is 4.45. The maximum absolute atomic E-state index is 12.9. The monoisotopic (exact) mass is 394 g/mol. The summed E-state index contributed by atoms with van der Waals surface area (Å²) in [5.41, 5.74) is 12.6. The van der Waals surface area contributed by atoms with E-state index in [0.717, 1.165) is 22.7 Å². The lowest BCUT2D eigenvalue weighted by molar-refractivity contribution is 0.630. The van der Waals surface area contributed by atoms with Gasteiger partial charge in [0, 0.05) is 12.7 Å². The second-order valence-corrected chi connectivity index (χ2v) is 6.73. The molecule has 0 saturated carbocycles. The normalized spacial score (nSPS) is 11.3. The van der Waals surface area contributed by atoms with E-state index in [9.17, 15) is 4.79 Å². The van der Waals surface area contributed by atoms with Gasteiger partial charge >= 0.3 is 0 Å². The zero-order chi connectivity index (χ0) is 20.3. The Labute approximate surface area is 168 Å². The number of thiocarbonyl (C=S) groups is 1. The van der Waals surface area contributed by atoms with E-state index in [4.69, 9.17) is 18.0 Å². The van der Waals surface area contributed by atoms with Gasteiger partial charge < -0.3 is 11.1 Å². The molecule has 0 bridgehead atoms. The van der Waals surface area contributed by atoms with Crippen molar-refractivity contribution in [3.63, 3.8) is 0 Å². The first-order chi connectivity index (χ1) is 13.4. The maximum atomic E-state index is 12.9. The molecule has 2 aromatic carbocycles. The number of hydrogen-bond donors (Lipinski definition) is 3. The third-order valence-corrected chi connectivity index (χ3v) is 4.64. The van der Waals surface area contributed by atoms with E-state index >= 15 is 0 Å². The Morgan fingerprint density at radius 1 is 1.11 bits per heavy atom. The molecule has 144 valence electrons. The van der Waals surface area contributed by atoms with Crippen LogP contribution in [0.4, 0.5) is 11.4 Å². The molecular formula is C20H22N6OS. The highest BCUT2D eigenvalue weighted by molar-refractivity contribution is 7.80. The molecule has 1 aromatic heterocycles. The van der Waals surface area contributed by atoms with Crippen LogP contribution in [0.5, 0.6) is 0 Å². The van der Waals surface area contributed by atoms with Gasteiger partial charge in [-0.15, -0.1) is 0 Å². The van der Waals surface area contributed by atoms with E-state index in [-0.39, 0.29) is 10.7 Å². The number of aromatic nitrogens is 2. The number of rotatable bonds is 4. The molecule has 0 spiro atoms. The van der Waals surface area contributed by atoms with Gasteiger partial charge in [0.25, 0.3) is 5.56 Å². The Kier molecular flexibility index (Phi) is 5.60. The molecule has 3 rings (SSSR count). The molecule has 7 nitrogen and oxygen atoms in total. The van der Waals surface area contributed by atoms with E-state index in [1.54, 1.807) is 9.36 Å². The average Bonchev–Trinajstić information content (AvgIpc) is 2.90. The second kappa shape index (κ2) is 8.10. The van der Waals surface area contributed by atoms with Crippen molar-refractivity contribution in [3.05, 3.63) is 76.2 Å². The van der Waals surface area contributed by atoms with Crippen molar-refractivity contribution in [1.29, 1.82) is 0 Å². The van der Waals surface area contributed by atoms with E-state index in [1.165, 1.54) is 0 Å². The molecule has 3 aromatic rings. The Morgan fingerprint density at radius 3 is 2.39 bits per heavy atom. The lowest BCUT2D eigenvalue weighted by atomic mass is 10.1. The lowest BCUT2D eigenvalue weighted by Crippen LogP contribution is -2.28. The van der Waals surface area contributed by atoms with Crippen LogP contribution < -0.4 is 22.0 Å². The fourth-order valence-corrected chi connectivity index (χ4v) is 2.92. The van der Waals surface area contributed by atoms with Crippen molar-refractivity contribution in [2.24, 2.45) is 12.1 Å². The van der Waals surface area contributed by atoms with E-state index in [2.05, 4.69) is 15.8 Å². The Bertz CT molecular complexity index is 1080. The number of nitrogens with two attached hydrogens (primary N) is 1. The molecule has 1 heterocycles. The van der Waals surface area contributed by atoms with Crippen LogP contribution in [0.25, 0.3) is 5.69 Å². The zero-order valence-corrected chi connectivity index (χ0v) is 16.7. The highest BCUT2D eigenvalue weighted by Crippen LogP contribution is 2.14. The van der Waals surface area contributed by atoms with Crippen LogP contribution in [0.15, 0.2) is 64.5 Å². The fourth-order valence-electron chi connectivity index (χ4n) is 2.78. The smallest absolute Gasteiger partial charge is 0.295 e. The second-order valence-electron chi connectivity index (χ2n) is 6.32. The summed E-state index contributed by atoms with van der Waals surface area (Å²) in [6.45, 7) is 3.71. The van der Waals surface area contributed by atoms with Gasteiger partial charge in [-0.2, -0.15) is 5.10 Å². The molecule has 0 unspecified atom stereocenters. The van der Waals surface area contributed by atoms with Gasteiger partial charge in [0.05, 0.1) is 17.1 Å². The minimum absolute atomic E-state index is 0.186. The summed E-state index contributed by atoms with van der Waals surface area (Å²) in [6.07, 6.45) is 0. The zero-order valence-electron chi connectivity index (χ0n) is 15.9. The van der Waals surface area contributed by atoms with Crippen LogP contribution in [0.2, 0.25) is 0 Å². The predicted molar refractivity (Wildman–Crippen MR) is 118 cm³/mol. The molecule has 8 heteroatoms. The molecule has 0 aliphatic heterocycles. The van der Waals surface area contributed by atoms with Crippen LogP contribution in [0.3, 0.4) is 0 Å². The van der Waals surface area contributed by atoms with Crippen LogP contribution >= 0.6 is 12.2 Å². The van der Waals surface area contributed by atoms with Gasteiger partial charge in [0.1, 0.15) is 5.69 Å². The third kappa shape index (κ3) is 3.96. The molecular weight excluding hydrogens is 372 g/mol. The SMILES string of the molecule is C/C(=N/NC(=S)Nc1c(C)n(C)n(-c2ccccc2)c1=O)c1ccc(N)cc1. The van der Waals surface area contributed by atoms with Gasteiger partial charge in [-0.25, -0.2) is 4.68 Å². The van der Waals surface area contributed by atoms with Gasteiger partial charge in [-0.05, 0) is 55.9 Å². The van der Waals surface area contributed by atoms with Gasteiger partial charge in [-0.3, -0.25) is 14.9 Å².